The summed E-state index contributed by atoms with van der Waals surface area (Å²) in [5.74, 6) is 1.03. The lowest BCUT2D eigenvalue weighted by molar-refractivity contribution is -0.0941. The Labute approximate surface area is 240 Å². The Balaban J connectivity index is 1.12. The molecule has 3 aliphatic heterocycles. The highest BCUT2D eigenvalue weighted by molar-refractivity contribution is 9.10. The summed E-state index contributed by atoms with van der Waals surface area (Å²) in [5, 5.41) is 7.21. The Morgan fingerprint density at radius 1 is 1.21 bits per heavy atom. The van der Waals surface area contributed by atoms with E-state index in [0.717, 1.165) is 74.7 Å². The van der Waals surface area contributed by atoms with Crippen molar-refractivity contribution in [2.24, 2.45) is 17.8 Å². The smallest absolute Gasteiger partial charge is 0.410 e. The summed E-state index contributed by atoms with van der Waals surface area (Å²) in [6, 6.07) is 3.72. The largest absolute Gasteiger partial charge is 0.444 e. The van der Waals surface area contributed by atoms with Gasteiger partial charge in [-0.1, -0.05) is 40.2 Å². The standard InChI is InChI=1S/C31H43BrFN3O3/c1-31(2,3)39-30(37)36-15-12-20(13-16-36)11-14-34-19-23-9-10-24-27(21-7-5-4-6-8-21)35-28-25(29(24)38-23)17-22(32)18-26(28)33/h4-7,17-18,20-21,23-24,27,29,34-35H,8-16,19H2,1-3H3/t21?,23-,24+,27+,29+/m1/s1. The van der Waals surface area contributed by atoms with E-state index in [1.54, 1.807) is 6.07 Å². The molecule has 0 aromatic heterocycles. The first-order valence-electron chi connectivity index (χ1n) is 14.6. The van der Waals surface area contributed by atoms with Crippen LogP contribution in [0.3, 0.4) is 0 Å². The lowest BCUT2D eigenvalue weighted by Gasteiger charge is -2.47. The third-order valence-electron chi connectivity index (χ3n) is 8.56. The summed E-state index contributed by atoms with van der Waals surface area (Å²) in [7, 11) is 0. The van der Waals surface area contributed by atoms with Crippen molar-refractivity contribution in [2.45, 2.75) is 83.1 Å². The molecule has 8 heteroatoms. The molecule has 1 aliphatic carbocycles. The van der Waals surface area contributed by atoms with Gasteiger partial charge in [-0.25, -0.2) is 9.18 Å². The van der Waals surface area contributed by atoms with Crippen molar-refractivity contribution >= 4 is 27.7 Å². The highest BCUT2D eigenvalue weighted by Crippen LogP contribution is 2.49. The number of nitrogens with one attached hydrogen (secondary N) is 2. The molecule has 5 rings (SSSR count). The first-order chi connectivity index (χ1) is 18.7. The van der Waals surface area contributed by atoms with E-state index in [1.165, 1.54) is 0 Å². The molecule has 0 spiro atoms. The van der Waals surface area contributed by atoms with Gasteiger partial charge in [0.25, 0.3) is 0 Å². The third-order valence-corrected chi connectivity index (χ3v) is 9.01. The number of carbonyl (C=O) groups excluding carboxylic acids is 1. The van der Waals surface area contributed by atoms with Crippen molar-refractivity contribution in [3.05, 3.63) is 52.3 Å². The van der Waals surface area contributed by atoms with Crippen molar-refractivity contribution in [1.29, 1.82) is 0 Å². The van der Waals surface area contributed by atoms with E-state index >= 15 is 4.39 Å². The maximum absolute atomic E-state index is 15.1. The van der Waals surface area contributed by atoms with Crippen molar-refractivity contribution in [3.63, 3.8) is 0 Å². The van der Waals surface area contributed by atoms with Gasteiger partial charge < -0.3 is 25.0 Å². The maximum Gasteiger partial charge on any atom is 0.410 e. The molecule has 3 heterocycles. The van der Waals surface area contributed by atoms with E-state index < -0.39 is 5.60 Å². The summed E-state index contributed by atoms with van der Waals surface area (Å²) in [5.41, 5.74) is 1.07. The van der Waals surface area contributed by atoms with Crippen LogP contribution in [0.2, 0.25) is 0 Å². The summed E-state index contributed by atoms with van der Waals surface area (Å²) in [6.45, 7) is 8.99. The molecule has 6 nitrogen and oxygen atoms in total. The van der Waals surface area contributed by atoms with E-state index in [4.69, 9.17) is 9.47 Å². The van der Waals surface area contributed by atoms with Gasteiger partial charge in [0.15, 0.2) is 0 Å². The number of likely N-dealkylation sites (tertiary alicyclic amines) is 1. The zero-order chi connectivity index (χ0) is 27.6. The first kappa shape index (κ1) is 28.6. The predicted octanol–water partition coefficient (Wildman–Crippen LogP) is 6.98. The maximum atomic E-state index is 15.1. The lowest BCUT2D eigenvalue weighted by Crippen LogP contribution is -2.48. The molecule has 39 heavy (non-hydrogen) atoms. The van der Waals surface area contributed by atoms with Crippen molar-refractivity contribution in [3.8, 4) is 0 Å². The fourth-order valence-corrected chi connectivity index (χ4v) is 7.01. The number of fused-ring (bicyclic) bond motifs is 3. The van der Waals surface area contributed by atoms with E-state index in [9.17, 15) is 4.79 Å². The van der Waals surface area contributed by atoms with Gasteiger partial charge in [0, 0.05) is 47.5 Å². The average molecular weight is 605 g/mol. The molecule has 0 radical (unpaired) electrons. The minimum atomic E-state index is -0.453. The number of piperidine rings is 1. The molecule has 0 bridgehead atoms. The Bertz CT molecular complexity index is 1080. The molecule has 5 atom stereocenters. The van der Waals surface area contributed by atoms with Crippen LogP contribution in [0.5, 0.6) is 0 Å². The molecule has 1 aromatic carbocycles. The number of ether oxygens (including phenoxy) is 2. The zero-order valence-electron chi connectivity index (χ0n) is 23.4. The minimum absolute atomic E-state index is 0.107. The SMILES string of the molecule is CC(C)(C)OC(=O)N1CCC(CCNC[C@H]2CC[C@@H]3[C@H](O2)c2cc(Br)cc(F)c2N[C@H]3C2C=CC=CC2)CC1. The number of halogens is 2. The number of allylic oxidation sites excluding steroid dienone is 3. The Hall–Kier alpha value is -1.90. The fraction of sp³-hybridized carbons (Fsp3) is 0.645. The van der Waals surface area contributed by atoms with Gasteiger partial charge in [0.1, 0.15) is 11.4 Å². The van der Waals surface area contributed by atoms with Crippen LogP contribution in [-0.4, -0.2) is 54.9 Å². The van der Waals surface area contributed by atoms with Gasteiger partial charge in [-0.3, -0.25) is 0 Å². The van der Waals surface area contributed by atoms with Crippen LogP contribution >= 0.6 is 15.9 Å². The number of benzene rings is 1. The highest BCUT2D eigenvalue weighted by atomic mass is 79.9. The molecule has 1 aromatic rings. The van der Waals surface area contributed by atoms with Gasteiger partial charge in [0.2, 0.25) is 0 Å². The first-order valence-corrected chi connectivity index (χ1v) is 15.4. The van der Waals surface area contributed by atoms with Gasteiger partial charge in [-0.05, 0) is 83.9 Å². The van der Waals surface area contributed by atoms with Crippen LogP contribution in [0, 0.1) is 23.6 Å². The lowest BCUT2D eigenvalue weighted by atomic mass is 9.73. The van der Waals surface area contributed by atoms with Gasteiger partial charge >= 0.3 is 6.09 Å². The van der Waals surface area contributed by atoms with Crippen LogP contribution in [0.1, 0.15) is 71.0 Å². The van der Waals surface area contributed by atoms with Crippen LogP contribution in [0.15, 0.2) is 40.9 Å². The van der Waals surface area contributed by atoms with Crippen LogP contribution in [-0.2, 0) is 9.47 Å². The number of anilines is 1. The Morgan fingerprint density at radius 2 is 2.00 bits per heavy atom. The second-order valence-electron chi connectivity index (χ2n) is 12.6. The summed E-state index contributed by atoms with van der Waals surface area (Å²) < 4.78 is 28.1. The van der Waals surface area contributed by atoms with Crippen molar-refractivity contribution < 1.29 is 18.7 Å². The van der Waals surface area contributed by atoms with Crippen molar-refractivity contribution in [2.75, 3.05) is 31.5 Å². The van der Waals surface area contributed by atoms with Gasteiger partial charge in [-0.2, -0.15) is 0 Å². The van der Waals surface area contributed by atoms with Crippen molar-refractivity contribution in [1.82, 2.24) is 10.2 Å². The number of nitrogens with zero attached hydrogens (tertiary/aromatic N) is 1. The van der Waals surface area contributed by atoms with Crippen LogP contribution < -0.4 is 10.6 Å². The molecule has 1 amide bonds. The second kappa shape index (κ2) is 12.3. The summed E-state index contributed by atoms with van der Waals surface area (Å²) >= 11 is 3.49. The Morgan fingerprint density at radius 3 is 2.72 bits per heavy atom. The Kier molecular flexibility index (Phi) is 9.04. The molecule has 0 saturated carbocycles. The quantitative estimate of drug-likeness (QED) is 0.343. The molecule has 1 unspecified atom stereocenters. The average Bonchev–Trinajstić information content (AvgIpc) is 2.90. The molecule has 4 aliphatic rings. The zero-order valence-corrected chi connectivity index (χ0v) is 25.0. The number of hydrogen-bond acceptors (Lipinski definition) is 5. The second-order valence-corrected chi connectivity index (χ2v) is 13.5. The molecule has 2 N–H and O–H groups in total. The highest BCUT2D eigenvalue weighted by Gasteiger charge is 2.44. The van der Waals surface area contributed by atoms with E-state index in [2.05, 4.69) is 50.9 Å². The number of carbonyl (C=O) groups is 1. The molecule has 214 valence electrons. The molecular formula is C31H43BrFN3O3. The number of hydrogen-bond donors (Lipinski definition) is 2. The van der Waals surface area contributed by atoms with E-state index in [1.807, 2.05) is 31.7 Å². The number of rotatable bonds is 6. The van der Waals surface area contributed by atoms with E-state index in [-0.39, 0.29) is 30.2 Å². The predicted molar refractivity (Wildman–Crippen MR) is 156 cm³/mol. The van der Waals surface area contributed by atoms with Crippen LogP contribution in [0.25, 0.3) is 0 Å². The monoisotopic (exact) mass is 603 g/mol. The van der Waals surface area contributed by atoms with Gasteiger partial charge in [-0.15, -0.1) is 0 Å². The molecule has 2 saturated heterocycles. The normalized spacial score (nSPS) is 28.9. The minimum Gasteiger partial charge on any atom is -0.444 e. The van der Waals surface area contributed by atoms with Gasteiger partial charge in [0.05, 0.1) is 17.9 Å². The van der Waals surface area contributed by atoms with E-state index in [0.29, 0.717) is 23.4 Å². The number of amides is 1. The third kappa shape index (κ3) is 7.06. The summed E-state index contributed by atoms with van der Waals surface area (Å²) in [4.78, 5) is 14.2. The summed E-state index contributed by atoms with van der Waals surface area (Å²) in [6.07, 6.45) is 14.6. The van der Waals surface area contributed by atoms with Crippen LogP contribution in [0.4, 0.5) is 14.9 Å². The molecular weight excluding hydrogens is 561 g/mol. The fourth-order valence-electron chi connectivity index (χ4n) is 6.56. The molecule has 2 fully saturated rings. The topological polar surface area (TPSA) is 62.8 Å².